The quantitative estimate of drug-likeness (QED) is 0.603. The van der Waals surface area contributed by atoms with Gasteiger partial charge in [-0.3, -0.25) is 9.59 Å². The van der Waals surface area contributed by atoms with E-state index in [-0.39, 0.29) is 12.5 Å². The largest absolute Gasteiger partial charge is 0.369 e. The summed E-state index contributed by atoms with van der Waals surface area (Å²) in [5, 5.41) is 2.78. The molecule has 0 aromatic rings. The van der Waals surface area contributed by atoms with Crippen molar-refractivity contribution in [2.45, 2.75) is 40.5 Å². The van der Waals surface area contributed by atoms with E-state index in [0.717, 1.165) is 0 Å². The van der Waals surface area contributed by atoms with Crippen LogP contribution in [0.25, 0.3) is 0 Å². The van der Waals surface area contributed by atoms with Gasteiger partial charge in [0.2, 0.25) is 11.8 Å². The Hall–Kier alpha value is -1.10. The standard InChI is InChI=1S/C12H25N3O2/c1-5-12(6-2,7-13)10(17)15-8-11(3,4)9(14)16/h5-8,13H2,1-4H3,(H2,14,16)(H,15,17). The van der Waals surface area contributed by atoms with Gasteiger partial charge in [0.1, 0.15) is 0 Å². The normalized spacial score (nSPS) is 12.3. The van der Waals surface area contributed by atoms with E-state index in [4.69, 9.17) is 11.5 Å². The Kier molecular flexibility index (Phi) is 5.61. The maximum atomic E-state index is 12.1. The predicted molar refractivity (Wildman–Crippen MR) is 68.1 cm³/mol. The third-order valence-corrected chi connectivity index (χ3v) is 3.58. The maximum absolute atomic E-state index is 12.1. The lowest BCUT2D eigenvalue weighted by molar-refractivity contribution is -0.132. The molecule has 0 aliphatic carbocycles. The number of nitrogens with two attached hydrogens (primary N) is 2. The minimum absolute atomic E-state index is 0.0978. The molecule has 0 atom stereocenters. The highest BCUT2D eigenvalue weighted by atomic mass is 16.2. The van der Waals surface area contributed by atoms with Crippen molar-refractivity contribution in [3.8, 4) is 0 Å². The molecule has 5 heteroatoms. The highest BCUT2D eigenvalue weighted by molar-refractivity contribution is 5.85. The van der Waals surface area contributed by atoms with Gasteiger partial charge in [-0.2, -0.15) is 0 Å². The first-order valence-electron chi connectivity index (χ1n) is 6.04. The van der Waals surface area contributed by atoms with E-state index in [9.17, 15) is 9.59 Å². The lowest BCUT2D eigenvalue weighted by Crippen LogP contribution is -2.49. The number of rotatable bonds is 7. The van der Waals surface area contributed by atoms with Crippen molar-refractivity contribution >= 4 is 11.8 Å². The summed E-state index contributed by atoms with van der Waals surface area (Å²) in [7, 11) is 0. The van der Waals surface area contributed by atoms with E-state index in [1.54, 1.807) is 13.8 Å². The third kappa shape index (κ3) is 3.70. The Morgan fingerprint density at radius 2 is 1.65 bits per heavy atom. The summed E-state index contributed by atoms with van der Waals surface area (Å²) < 4.78 is 0. The number of primary amides is 1. The summed E-state index contributed by atoms with van der Waals surface area (Å²) in [6, 6.07) is 0. The first kappa shape index (κ1) is 15.9. The van der Waals surface area contributed by atoms with E-state index in [0.29, 0.717) is 19.4 Å². The van der Waals surface area contributed by atoms with Crippen molar-refractivity contribution < 1.29 is 9.59 Å². The lowest BCUT2D eigenvalue weighted by atomic mass is 9.81. The van der Waals surface area contributed by atoms with Crippen molar-refractivity contribution in [1.82, 2.24) is 5.32 Å². The lowest BCUT2D eigenvalue weighted by Gasteiger charge is -2.30. The first-order valence-corrected chi connectivity index (χ1v) is 6.04. The van der Waals surface area contributed by atoms with E-state index in [1.165, 1.54) is 0 Å². The highest BCUT2D eigenvalue weighted by Gasteiger charge is 2.35. The van der Waals surface area contributed by atoms with Crippen molar-refractivity contribution in [2.75, 3.05) is 13.1 Å². The second-order valence-electron chi connectivity index (χ2n) is 5.12. The average molecular weight is 243 g/mol. The molecule has 0 radical (unpaired) electrons. The second kappa shape index (κ2) is 6.00. The molecule has 0 unspecified atom stereocenters. The summed E-state index contributed by atoms with van der Waals surface area (Å²) in [6.45, 7) is 7.84. The van der Waals surface area contributed by atoms with Gasteiger partial charge in [-0.15, -0.1) is 0 Å². The Labute approximate surface area is 103 Å². The van der Waals surface area contributed by atoms with Gasteiger partial charge >= 0.3 is 0 Å². The zero-order valence-electron chi connectivity index (χ0n) is 11.3. The molecular formula is C12H25N3O2. The molecule has 0 aromatic carbocycles. The molecule has 0 rings (SSSR count). The van der Waals surface area contributed by atoms with Gasteiger partial charge in [0.25, 0.3) is 0 Å². The molecular weight excluding hydrogens is 218 g/mol. The van der Waals surface area contributed by atoms with E-state index in [2.05, 4.69) is 5.32 Å². The van der Waals surface area contributed by atoms with Crippen molar-refractivity contribution in [3.05, 3.63) is 0 Å². The van der Waals surface area contributed by atoms with E-state index < -0.39 is 16.7 Å². The van der Waals surface area contributed by atoms with Gasteiger partial charge in [0.05, 0.1) is 10.8 Å². The molecule has 0 saturated carbocycles. The van der Waals surface area contributed by atoms with Gasteiger partial charge in [-0.05, 0) is 26.7 Å². The van der Waals surface area contributed by atoms with Crippen LogP contribution in [0.3, 0.4) is 0 Å². The minimum atomic E-state index is -0.739. The molecule has 0 aromatic heterocycles. The van der Waals surface area contributed by atoms with Gasteiger partial charge in [-0.1, -0.05) is 13.8 Å². The molecule has 0 aliphatic rings. The zero-order valence-corrected chi connectivity index (χ0v) is 11.3. The second-order valence-corrected chi connectivity index (χ2v) is 5.12. The van der Waals surface area contributed by atoms with E-state index in [1.807, 2.05) is 13.8 Å². The summed E-state index contributed by atoms with van der Waals surface area (Å²) in [5.74, 6) is -0.525. The Balaban J connectivity index is 4.60. The molecule has 2 amide bonds. The SMILES string of the molecule is CCC(CC)(CN)C(=O)NCC(C)(C)C(N)=O. The molecule has 0 heterocycles. The molecule has 5 N–H and O–H groups in total. The number of hydrogen-bond acceptors (Lipinski definition) is 3. The van der Waals surface area contributed by atoms with Gasteiger partial charge in [0.15, 0.2) is 0 Å². The Morgan fingerprint density at radius 3 is 1.94 bits per heavy atom. The third-order valence-electron chi connectivity index (χ3n) is 3.58. The monoisotopic (exact) mass is 243 g/mol. The average Bonchev–Trinajstić information content (AvgIpc) is 2.29. The van der Waals surface area contributed by atoms with Gasteiger partial charge in [0, 0.05) is 13.1 Å². The van der Waals surface area contributed by atoms with Crippen LogP contribution < -0.4 is 16.8 Å². The number of amides is 2. The van der Waals surface area contributed by atoms with Crippen LogP contribution >= 0.6 is 0 Å². The smallest absolute Gasteiger partial charge is 0.227 e. The maximum Gasteiger partial charge on any atom is 0.227 e. The van der Waals surface area contributed by atoms with Crippen molar-refractivity contribution in [1.29, 1.82) is 0 Å². The van der Waals surface area contributed by atoms with Crippen molar-refractivity contribution in [3.63, 3.8) is 0 Å². The van der Waals surface area contributed by atoms with Crippen LogP contribution in [0.4, 0.5) is 0 Å². The van der Waals surface area contributed by atoms with Crippen LogP contribution in [0.15, 0.2) is 0 Å². The molecule has 5 nitrogen and oxygen atoms in total. The molecule has 100 valence electrons. The van der Waals surface area contributed by atoms with Crippen LogP contribution in [0, 0.1) is 10.8 Å². The van der Waals surface area contributed by atoms with Gasteiger partial charge < -0.3 is 16.8 Å². The molecule has 0 spiro atoms. The Morgan fingerprint density at radius 1 is 1.18 bits per heavy atom. The van der Waals surface area contributed by atoms with Crippen LogP contribution in [0.5, 0.6) is 0 Å². The highest BCUT2D eigenvalue weighted by Crippen LogP contribution is 2.25. The summed E-state index contributed by atoms with van der Waals surface area (Å²) in [5.41, 5.74) is 9.65. The summed E-state index contributed by atoms with van der Waals surface area (Å²) >= 11 is 0. The molecule has 0 aliphatic heterocycles. The van der Waals surface area contributed by atoms with Crippen molar-refractivity contribution in [2.24, 2.45) is 22.3 Å². The number of carbonyl (C=O) groups is 2. The summed E-state index contributed by atoms with van der Waals surface area (Å²) in [6.07, 6.45) is 1.37. The van der Waals surface area contributed by atoms with E-state index >= 15 is 0 Å². The first-order chi connectivity index (χ1) is 7.75. The molecule has 0 bridgehead atoms. The topological polar surface area (TPSA) is 98.2 Å². The number of hydrogen-bond donors (Lipinski definition) is 3. The minimum Gasteiger partial charge on any atom is -0.369 e. The zero-order chi connectivity index (χ0) is 13.7. The molecule has 0 fully saturated rings. The predicted octanol–water partition coefficient (Wildman–Crippen LogP) is 0.379. The number of nitrogens with one attached hydrogen (secondary N) is 1. The summed E-state index contributed by atoms with van der Waals surface area (Å²) in [4.78, 5) is 23.2. The van der Waals surface area contributed by atoms with Crippen LogP contribution in [0.2, 0.25) is 0 Å². The molecule has 17 heavy (non-hydrogen) atoms. The van der Waals surface area contributed by atoms with Crippen LogP contribution in [-0.2, 0) is 9.59 Å². The van der Waals surface area contributed by atoms with Crippen LogP contribution in [-0.4, -0.2) is 24.9 Å². The Bertz CT molecular complexity index is 275. The molecule has 0 saturated heterocycles. The fourth-order valence-electron chi connectivity index (χ4n) is 1.53. The van der Waals surface area contributed by atoms with Gasteiger partial charge in [-0.25, -0.2) is 0 Å². The fraction of sp³-hybridized carbons (Fsp3) is 0.833. The van der Waals surface area contributed by atoms with Crippen LogP contribution in [0.1, 0.15) is 40.5 Å². The fourth-order valence-corrected chi connectivity index (χ4v) is 1.53. The number of carbonyl (C=O) groups excluding carboxylic acids is 2.